The topological polar surface area (TPSA) is 146 Å². The van der Waals surface area contributed by atoms with Crippen LogP contribution in [0.5, 0.6) is 0 Å². The van der Waals surface area contributed by atoms with Crippen molar-refractivity contribution >= 4 is 51.4 Å². The number of hydrogen-bond acceptors (Lipinski definition) is 9. The molecule has 2 heterocycles. The Morgan fingerprint density at radius 1 is 1.05 bits per heavy atom. The first-order valence-electron chi connectivity index (χ1n) is 20.9. The molecule has 12 nitrogen and oxygen atoms in total. The predicted molar refractivity (Wildman–Crippen MR) is 234 cm³/mol. The second-order valence-corrected chi connectivity index (χ2v) is 17.8. The zero-order valence-electron chi connectivity index (χ0n) is 35.9. The summed E-state index contributed by atoms with van der Waals surface area (Å²) in [5.41, 5.74) is 1.73. The first-order valence-corrected chi connectivity index (χ1v) is 22.1. The van der Waals surface area contributed by atoms with Crippen molar-refractivity contribution in [1.82, 2.24) is 24.9 Å². The number of carbonyl (C=O) groups is 4. The minimum atomic E-state index is -4.68. The number of rotatable bonds is 21. The van der Waals surface area contributed by atoms with Gasteiger partial charge in [0.15, 0.2) is 5.78 Å². The van der Waals surface area contributed by atoms with E-state index in [-0.39, 0.29) is 67.2 Å². The van der Waals surface area contributed by atoms with Crippen LogP contribution in [0.2, 0.25) is 5.02 Å². The van der Waals surface area contributed by atoms with Crippen LogP contribution >= 0.6 is 22.9 Å². The summed E-state index contributed by atoms with van der Waals surface area (Å²) in [7, 11) is 1.72. The molecule has 0 atom stereocenters. The number of aliphatic hydroxyl groups is 1. The molecule has 1 aliphatic carbocycles. The number of carbonyl (C=O) groups excluding carboxylic acids is 4. The number of aromatic nitrogens is 2. The van der Waals surface area contributed by atoms with E-state index < -0.39 is 28.5 Å². The van der Waals surface area contributed by atoms with Crippen LogP contribution in [0.15, 0.2) is 54.9 Å². The van der Waals surface area contributed by atoms with Crippen LogP contribution in [0.3, 0.4) is 0 Å². The highest BCUT2D eigenvalue weighted by Crippen LogP contribution is 2.45. The number of likely N-dealkylation sites (N-methyl/N-ethyl adjacent to an activating group) is 1. The molecule has 0 saturated carbocycles. The minimum Gasteiger partial charge on any atom is -0.394 e. The van der Waals surface area contributed by atoms with E-state index in [9.17, 15) is 32.3 Å². The highest BCUT2D eigenvalue weighted by Gasteiger charge is 2.35. The predicted octanol–water partition coefficient (Wildman–Crippen LogP) is 7.96. The average molecular weight is 901 g/mol. The van der Waals surface area contributed by atoms with Crippen molar-refractivity contribution in [2.24, 2.45) is 5.41 Å². The zero-order valence-corrected chi connectivity index (χ0v) is 37.4. The number of anilines is 1. The van der Waals surface area contributed by atoms with Gasteiger partial charge in [-0.2, -0.15) is 18.3 Å². The molecular formula is C45H56ClF3N6O6S. The van der Waals surface area contributed by atoms with Crippen molar-refractivity contribution in [2.45, 2.75) is 91.4 Å². The minimum absolute atomic E-state index is 0.0137. The van der Waals surface area contributed by atoms with Gasteiger partial charge in [-0.25, -0.2) is 4.68 Å². The van der Waals surface area contributed by atoms with Crippen LogP contribution in [0.25, 0.3) is 5.69 Å². The highest BCUT2D eigenvalue weighted by atomic mass is 35.5. The maximum atomic E-state index is 14.3. The van der Waals surface area contributed by atoms with Gasteiger partial charge in [0.1, 0.15) is 5.00 Å². The molecule has 0 fully saturated rings. The summed E-state index contributed by atoms with van der Waals surface area (Å²) in [6, 6.07) is 10.9. The zero-order chi connectivity index (χ0) is 45.2. The average Bonchev–Trinajstić information content (AvgIpc) is 3.86. The lowest BCUT2D eigenvalue weighted by atomic mass is 9.76. The first-order chi connectivity index (χ1) is 29.4. The molecule has 62 heavy (non-hydrogen) atoms. The quantitative estimate of drug-likeness (QED) is 0.0565. The van der Waals surface area contributed by atoms with E-state index in [4.69, 9.17) is 21.4 Å². The van der Waals surface area contributed by atoms with E-state index in [1.54, 1.807) is 18.0 Å². The maximum Gasteiger partial charge on any atom is 0.417 e. The van der Waals surface area contributed by atoms with E-state index in [2.05, 4.69) is 48.3 Å². The number of nitrogens with one attached hydrogen (secondary N) is 2. The van der Waals surface area contributed by atoms with Crippen LogP contribution in [0.4, 0.5) is 18.2 Å². The Bertz CT molecular complexity index is 2200. The monoisotopic (exact) mass is 900 g/mol. The van der Waals surface area contributed by atoms with Gasteiger partial charge in [0.25, 0.3) is 5.91 Å². The molecule has 4 aromatic rings. The molecule has 0 aliphatic heterocycles. The third-order valence-electron chi connectivity index (χ3n) is 11.2. The molecule has 0 spiro atoms. The fraction of sp³-hybridized carbons (Fsp3) is 0.489. The van der Waals surface area contributed by atoms with Crippen LogP contribution < -0.4 is 10.6 Å². The van der Waals surface area contributed by atoms with Gasteiger partial charge in [0.05, 0.1) is 53.4 Å². The molecule has 17 heteroatoms. The van der Waals surface area contributed by atoms with Gasteiger partial charge in [0.2, 0.25) is 11.8 Å². The van der Waals surface area contributed by atoms with E-state index in [0.717, 1.165) is 47.4 Å². The van der Waals surface area contributed by atoms with Crippen LogP contribution in [-0.4, -0.2) is 101 Å². The fourth-order valence-corrected chi connectivity index (χ4v) is 9.30. The summed E-state index contributed by atoms with van der Waals surface area (Å²) in [5.74, 6) is -1.18. The molecule has 336 valence electrons. The Morgan fingerprint density at radius 2 is 1.81 bits per heavy atom. The molecule has 0 saturated heterocycles. The lowest BCUT2D eigenvalue weighted by molar-refractivity contribution is -0.137. The number of ether oxygens (including phenoxy) is 1. The molecule has 0 radical (unpaired) electrons. The lowest BCUT2D eigenvalue weighted by Crippen LogP contribution is -2.41. The smallest absolute Gasteiger partial charge is 0.394 e. The number of hydrogen-bond donors (Lipinski definition) is 3. The number of benzene rings is 2. The fourth-order valence-electron chi connectivity index (χ4n) is 7.58. The number of nitrogens with zero attached hydrogens (tertiary/aromatic N) is 4. The van der Waals surface area contributed by atoms with Crippen molar-refractivity contribution in [3.05, 3.63) is 98.1 Å². The van der Waals surface area contributed by atoms with Crippen LogP contribution in [0, 0.1) is 5.41 Å². The lowest BCUT2D eigenvalue weighted by Gasteiger charge is -2.32. The van der Waals surface area contributed by atoms with Gasteiger partial charge in [0, 0.05) is 68.7 Å². The van der Waals surface area contributed by atoms with E-state index in [1.165, 1.54) is 34.5 Å². The third kappa shape index (κ3) is 12.7. The second-order valence-electron chi connectivity index (χ2n) is 16.3. The Balaban J connectivity index is 1.30. The van der Waals surface area contributed by atoms with Crippen molar-refractivity contribution in [2.75, 3.05) is 51.8 Å². The molecule has 3 N–H and O–H groups in total. The standard InChI is InChI=1S/C45H56ClF3N6O6S/c1-6-32(7-2)54(19-18-53(5)39(58)14-13-38(57)50-17-21-61-22-20-56)27-29-9-8-10-30(23-29)42(60)52-43-40(34-15-16-44(3,4)25-37(34)62-43)41(59)31-26-51-55(28-31)33-11-12-36(46)35(24-33)45(47,48)49/h8-12,23-24,26,28,32,56H,6-7,13-22,25,27H2,1-5H3,(H,50,57)(H,52,60). The van der Waals surface area contributed by atoms with Crippen molar-refractivity contribution in [3.63, 3.8) is 0 Å². The van der Waals surface area contributed by atoms with E-state index in [1.807, 2.05) is 18.2 Å². The Labute approximate surface area is 369 Å². The van der Waals surface area contributed by atoms with Gasteiger partial charge in [-0.15, -0.1) is 11.3 Å². The van der Waals surface area contributed by atoms with Crippen molar-refractivity contribution < 1.29 is 42.2 Å². The van der Waals surface area contributed by atoms with Gasteiger partial charge in [-0.3, -0.25) is 24.1 Å². The Morgan fingerprint density at radius 3 is 2.52 bits per heavy atom. The summed E-state index contributed by atoms with van der Waals surface area (Å²) in [6.07, 6.45) is 2.06. The largest absolute Gasteiger partial charge is 0.417 e. The normalized spacial score (nSPS) is 13.6. The summed E-state index contributed by atoms with van der Waals surface area (Å²) in [6.45, 7) is 10.8. The summed E-state index contributed by atoms with van der Waals surface area (Å²) < 4.78 is 47.2. The number of aliphatic hydroxyl groups excluding tert-OH is 1. The van der Waals surface area contributed by atoms with Gasteiger partial charge >= 0.3 is 6.18 Å². The number of amides is 3. The summed E-state index contributed by atoms with van der Waals surface area (Å²) >= 11 is 7.21. The number of fused-ring (bicyclic) bond motifs is 1. The van der Waals surface area contributed by atoms with Crippen molar-refractivity contribution in [3.8, 4) is 5.69 Å². The van der Waals surface area contributed by atoms with Gasteiger partial charge in [-0.05, 0) is 79.0 Å². The number of halogens is 4. The van der Waals surface area contributed by atoms with Gasteiger partial charge in [-0.1, -0.05) is 51.4 Å². The molecule has 2 aromatic carbocycles. The summed E-state index contributed by atoms with van der Waals surface area (Å²) in [5, 5.41) is 18.7. The molecule has 0 unspecified atom stereocenters. The number of ketones is 1. The van der Waals surface area contributed by atoms with E-state index >= 15 is 0 Å². The SMILES string of the molecule is CCC(CC)N(CCN(C)C(=O)CCC(=O)NCCOCCO)Cc1cccc(C(=O)Nc2sc3c(c2C(=O)c2cnn(-c4ccc(Cl)c(C(F)(F)F)c4)c2)CCC(C)(C)C3)c1. The first kappa shape index (κ1) is 48.4. The highest BCUT2D eigenvalue weighted by molar-refractivity contribution is 7.17. The van der Waals surface area contributed by atoms with Crippen LogP contribution in [-0.2, 0) is 39.9 Å². The van der Waals surface area contributed by atoms with Gasteiger partial charge < -0.3 is 25.4 Å². The summed E-state index contributed by atoms with van der Waals surface area (Å²) in [4.78, 5) is 58.4. The molecule has 5 rings (SSSR count). The van der Waals surface area contributed by atoms with Crippen molar-refractivity contribution in [1.29, 1.82) is 0 Å². The second kappa shape index (κ2) is 21.7. The Kier molecular flexibility index (Phi) is 16.9. The maximum absolute atomic E-state index is 14.3. The molecule has 2 aromatic heterocycles. The number of alkyl halides is 3. The molecular weight excluding hydrogens is 845 g/mol. The molecule has 1 aliphatic rings. The Hall–Kier alpha value is -4.61. The molecule has 0 bridgehead atoms. The molecule has 3 amide bonds. The third-order valence-corrected chi connectivity index (χ3v) is 12.6. The number of thiophene rings is 1. The van der Waals surface area contributed by atoms with Crippen LogP contribution in [0.1, 0.15) is 108 Å². The van der Waals surface area contributed by atoms with E-state index in [0.29, 0.717) is 55.1 Å².